The molecule has 0 atom stereocenters. The van der Waals surface area contributed by atoms with Gasteiger partial charge in [0.1, 0.15) is 5.01 Å². The standard InChI is InChI=1S/C13H19N3S2/c1-10(2)16(8-12-4-3-5-17-12)7-11-9-18-13(6-14)15-11/h3-5,9-10H,6-8,14H2,1-2H3. The lowest BCUT2D eigenvalue weighted by atomic mass is 10.2. The van der Waals surface area contributed by atoms with Crippen LogP contribution in [0.3, 0.4) is 0 Å². The summed E-state index contributed by atoms with van der Waals surface area (Å²) in [5.74, 6) is 0. The molecule has 2 heterocycles. The van der Waals surface area contributed by atoms with Gasteiger partial charge in [0.2, 0.25) is 0 Å². The molecule has 0 amide bonds. The molecule has 0 aromatic carbocycles. The maximum Gasteiger partial charge on any atom is 0.106 e. The largest absolute Gasteiger partial charge is 0.325 e. The van der Waals surface area contributed by atoms with Crippen LogP contribution in [0.1, 0.15) is 29.4 Å². The number of hydrogen-bond acceptors (Lipinski definition) is 5. The van der Waals surface area contributed by atoms with E-state index in [1.165, 1.54) is 4.88 Å². The van der Waals surface area contributed by atoms with E-state index in [4.69, 9.17) is 5.73 Å². The second-order valence-corrected chi connectivity index (χ2v) is 6.49. The minimum atomic E-state index is 0.509. The minimum absolute atomic E-state index is 0.509. The van der Waals surface area contributed by atoms with E-state index < -0.39 is 0 Å². The summed E-state index contributed by atoms with van der Waals surface area (Å²) in [6, 6.07) is 4.80. The summed E-state index contributed by atoms with van der Waals surface area (Å²) in [6.45, 7) is 6.88. The minimum Gasteiger partial charge on any atom is -0.325 e. The van der Waals surface area contributed by atoms with Gasteiger partial charge in [-0.3, -0.25) is 4.90 Å². The van der Waals surface area contributed by atoms with Crippen LogP contribution < -0.4 is 5.73 Å². The zero-order valence-corrected chi connectivity index (χ0v) is 12.4. The van der Waals surface area contributed by atoms with Gasteiger partial charge in [0.05, 0.1) is 5.69 Å². The molecular formula is C13H19N3S2. The fourth-order valence-electron chi connectivity index (χ4n) is 1.75. The fraction of sp³-hybridized carbons (Fsp3) is 0.462. The van der Waals surface area contributed by atoms with Crippen molar-refractivity contribution in [3.63, 3.8) is 0 Å². The molecule has 0 saturated carbocycles. The van der Waals surface area contributed by atoms with Crippen molar-refractivity contribution in [2.75, 3.05) is 0 Å². The van der Waals surface area contributed by atoms with Gasteiger partial charge in [-0.05, 0) is 25.3 Å². The Balaban J connectivity index is 2.02. The molecule has 0 bridgehead atoms. The van der Waals surface area contributed by atoms with Crippen LogP contribution in [0.2, 0.25) is 0 Å². The zero-order chi connectivity index (χ0) is 13.0. The summed E-state index contributed by atoms with van der Waals surface area (Å²) < 4.78 is 0. The lowest BCUT2D eigenvalue weighted by Crippen LogP contribution is -2.29. The van der Waals surface area contributed by atoms with Crippen LogP contribution in [-0.2, 0) is 19.6 Å². The smallest absolute Gasteiger partial charge is 0.106 e. The van der Waals surface area contributed by atoms with Gasteiger partial charge in [-0.15, -0.1) is 22.7 Å². The third kappa shape index (κ3) is 3.62. The average molecular weight is 281 g/mol. The van der Waals surface area contributed by atoms with Gasteiger partial charge < -0.3 is 5.73 Å². The monoisotopic (exact) mass is 281 g/mol. The molecule has 98 valence electrons. The molecule has 0 aliphatic carbocycles. The fourth-order valence-corrected chi connectivity index (χ4v) is 3.14. The van der Waals surface area contributed by atoms with Crippen LogP contribution >= 0.6 is 22.7 Å². The first-order valence-corrected chi connectivity index (χ1v) is 7.84. The van der Waals surface area contributed by atoms with E-state index in [1.807, 2.05) is 11.3 Å². The van der Waals surface area contributed by atoms with E-state index in [9.17, 15) is 0 Å². The van der Waals surface area contributed by atoms with Crippen LogP contribution in [0.25, 0.3) is 0 Å². The van der Waals surface area contributed by atoms with Gasteiger partial charge in [0, 0.05) is 35.9 Å². The number of nitrogens with two attached hydrogens (primary N) is 1. The van der Waals surface area contributed by atoms with Crippen molar-refractivity contribution in [1.82, 2.24) is 9.88 Å². The predicted molar refractivity (Wildman–Crippen MR) is 78.7 cm³/mol. The van der Waals surface area contributed by atoms with Crippen molar-refractivity contribution in [1.29, 1.82) is 0 Å². The second-order valence-electron chi connectivity index (χ2n) is 4.51. The highest BCUT2D eigenvalue weighted by Gasteiger charge is 2.13. The predicted octanol–water partition coefficient (Wildman–Crippen LogP) is 3.07. The zero-order valence-electron chi connectivity index (χ0n) is 10.8. The van der Waals surface area contributed by atoms with Crippen LogP contribution in [0, 0.1) is 0 Å². The van der Waals surface area contributed by atoms with Gasteiger partial charge in [0.25, 0.3) is 0 Å². The molecule has 2 rings (SSSR count). The van der Waals surface area contributed by atoms with Crippen molar-refractivity contribution in [3.8, 4) is 0 Å². The molecule has 0 aliphatic rings. The van der Waals surface area contributed by atoms with Gasteiger partial charge in [-0.2, -0.15) is 0 Å². The molecule has 5 heteroatoms. The normalized spacial score (nSPS) is 11.6. The Hall–Kier alpha value is -0.750. The lowest BCUT2D eigenvalue weighted by molar-refractivity contribution is 0.203. The summed E-state index contributed by atoms with van der Waals surface area (Å²) in [6.07, 6.45) is 0. The summed E-state index contributed by atoms with van der Waals surface area (Å²) in [5.41, 5.74) is 6.73. The van der Waals surface area contributed by atoms with Crippen molar-refractivity contribution in [2.45, 2.75) is 39.5 Å². The first kappa shape index (κ1) is 13.7. The van der Waals surface area contributed by atoms with Crippen LogP contribution in [0.5, 0.6) is 0 Å². The van der Waals surface area contributed by atoms with E-state index in [2.05, 4.69) is 46.6 Å². The third-order valence-electron chi connectivity index (χ3n) is 2.81. The molecular weight excluding hydrogens is 262 g/mol. The number of hydrogen-bond donors (Lipinski definition) is 1. The van der Waals surface area contributed by atoms with Gasteiger partial charge in [0.15, 0.2) is 0 Å². The molecule has 0 saturated heterocycles. The van der Waals surface area contributed by atoms with E-state index in [1.54, 1.807) is 11.3 Å². The number of rotatable bonds is 6. The van der Waals surface area contributed by atoms with Gasteiger partial charge in [-0.25, -0.2) is 4.98 Å². The molecule has 18 heavy (non-hydrogen) atoms. The first-order chi connectivity index (χ1) is 8.69. The quantitative estimate of drug-likeness (QED) is 0.885. The number of thiophene rings is 1. The first-order valence-electron chi connectivity index (χ1n) is 6.09. The Morgan fingerprint density at radius 3 is 2.72 bits per heavy atom. The molecule has 0 spiro atoms. The molecule has 0 fully saturated rings. The average Bonchev–Trinajstić information content (AvgIpc) is 2.99. The molecule has 3 nitrogen and oxygen atoms in total. The Kier molecular flexibility index (Phi) is 4.88. The summed E-state index contributed by atoms with van der Waals surface area (Å²) in [7, 11) is 0. The molecule has 0 radical (unpaired) electrons. The van der Waals surface area contributed by atoms with Crippen molar-refractivity contribution in [3.05, 3.63) is 38.5 Å². The third-order valence-corrected chi connectivity index (χ3v) is 4.59. The SMILES string of the molecule is CC(C)N(Cc1csc(CN)n1)Cc1cccs1. The second kappa shape index (κ2) is 6.43. The Bertz CT molecular complexity index is 462. The maximum atomic E-state index is 5.60. The number of thiazole rings is 1. The maximum absolute atomic E-state index is 5.60. The van der Waals surface area contributed by atoms with Crippen LogP contribution in [0.15, 0.2) is 22.9 Å². The highest BCUT2D eigenvalue weighted by atomic mass is 32.1. The lowest BCUT2D eigenvalue weighted by Gasteiger charge is -2.24. The van der Waals surface area contributed by atoms with Gasteiger partial charge in [-0.1, -0.05) is 6.07 Å². The Labute approximate surface area is 116 Å². The van der Waals surface area contributed by atoms with E-state index in [0.717, 1.165) is 23.8 Å². The molecule has 2 aromatic rings. The highest BCUT2D eigenvalue weighted by molar-refractivity contribution is 7.10. The van der Waals surface area contributed by atoms with E-state index in [-0.39, 0.29) is 0 Å². The molecule has 2 N–H and O–H groups in total. The Morgan fingerprint density at radius 1 is 1.33 bits per heavy atom. The summed E-state index contributed by atoms with van der Waals surface area (Å²) in [4.78, 5) is 8.37. The molecule has 2 aromatic heterocycles. The van der Waals surface area contributed by atoms with Crippen molar-refractivity contribution < 1.29 is 0 Å². The number of nitrogens with zero attached hydrogens (tertiary/aromatic N) is 2. The molecule has 0 aliphatic heterocycles. The van der Waals surface area contributed by atoms with Crippen LogP contribution in [-0.4, -0.2) is 15.9 Å². The topological polar surface area (TPSA) is 42.1 Å². The Morgan fingerprint density at radius 2 is 2.17 bits per heavy atom. The summed E-state index contributed by atoms with van der Waals surface area (Å²) in [5, 5.41) is 5.26. The number of aromatic nitrogens is 1. The van der Waals surface area contributed by atoms with Crippen LogP contribution in [0.4, 0.5) is 0 Å². The van der Waals surface area contributed by atoms with Crippen molar-refractivity contribution in [2.24, 2.45) is 5.73 Å². The van der Waals surface area contributed by atoms with Gasteiger partial charge >= 0.3 is 0 Å². The van der Waals surface area contributed by atoms with E-state index in [0.29, 0.717) is 12.6 Å². The molecule has 0 unspecified atom stereocenters. The van der Waals surface area contributed by atoms with Crippen molar-refractivity contribution >= 4 is 22.7 Å². The van der Waals surface area contributed by atoms with E-state index >= 15 is 0 Å². The summed E-state index contributed by atoms with van der Waals surface area (Å²) >= 11 is 3.46. The highest BCUT2D eigenvalue weighted by Crippen LogP contribution is 2.17.